The molecule has 0 saturated heterocycles. The van der Waals surface area contributed by atoms with E-state index < -0.39 is 5.41 Å². The molecule has 0 heterocycles. The van der Waals surface area contributed by atoms with Crippen molar-refractivity contribution in [1.29, 1.82) is 0 Å². The van der Waals surface area contributed by atoms with Crippen molar-refractivity contribution >= 4 is 29.5 Å². The van der Waals surface area contributed by atoms with Crippen molar-refractivity contribution < 1.29 is 4.79 Å². The van der Waals surface area contributed by atoms with Crippen LogP contribution in [0.1, 0.15) is 18.1 Å². The fraction of sp³-hybridized carbons (Fsp3) is 0.188. The number of hydrogen-bond donors (Lipinski definition) is 0. The zero-order chi connectivity index (χ0) is 13.9. The molecule has 3 heteroatoms. The SMILES string of the molecule is CC(C=O)(Cc1cccc(Cl)c1)c1ccc(Cl)cc1. The molecule has 19 heavy (non-hydrogen) atoms. The molecule has 0 N–H and O–H groups in total. The summed E-state index contributed by atoms with van der Waals surface area (Å²) in [6.45, 7) is 1.92. The molecule has 1 nitrogen and oxygen atoms in total. The Morgan fingerprint density at radius 3 is 2.32 bits per heavy atom. The first-order valence-corrected chi connectivity index (χ1v) is 6.76. The van der Waals surface area contributed by atoms with E-state index in [-0.39, 0.29) is 0 Å². The van der Waals surface area contributed by atoms with Crippen LogP contribution in [0.15, 0.2) is 48.5 Å². The summed E-state index contributed by atoms with van der Waals surface area (Å²) in [5.74, 6) is 0. The van der Waals surface area contributed by atoms with Gasteiger partial charge in [-0.25, -0.2) is 0 Å². The van der Waals surface area contributed by atoms with Crippen LogP contribution in [0.25, 0.3) is 0 Å². The number of rotatable bonds is 4. The summed E-state index contributed by atoms with van der Waals surface area (Å²) in [4.78, 5) is 11.5. The molecule has 0 aliphatic rings. The van der Waals surface area contributed by atoms with Gasteiger partial charge in [0.2, 0.25) is 0 Å². The second-order valence-corrected chi connectivity index (χ2v) is 5.72. The van der Waals surface area contributed by atoms with Gasteiger partial charge in [0, 0.05) is 10.0 Å². The number of halogens is 2. The number of carbonyl (C=O) groups excluding carboxylic acids is 1. The molecule has 0 aromatic heterocycles. The molecule has 2 aromatic rings. The largest absolute Gasteiger partial charge is 0.302 e. The summed E-state index contributed by atoms with van der Waals surface area (Å²) in [6, 6.07) is 15.0. The predicted octanol–water partition coefficient (Wildman–Crippen LogP) is 4.69. The van der Waals surface area contributed by atoms with Crippen LogP contribution in [0.3, 0.4) is 0 Å². The van der Waals surface area contributed by atoms with Crippen LogP contribution < -0.4 is 0 Å². The summed E-state index contributed by atoms with van der Waals surface area (Å²) in [5.41, 5.74) is 1.42. The number of hydrogen-bond acceptors (Lipinski definition) is 1. The Bertz CT molecular complexity index is 578. The van der Waals surface area contributed by atoms with Crippen LogP contribution in [0.4, 0.5) is 0 Å². The number of aldehydes is 1. The fourth-order valence-electron chi connectivity index (χ4n) is 2.11. The highest BCUT2D eigenvalue weighted by molar-refractivity contribution is 6.30. The van der Waals surface area contributed by atoms with E-state index in [1.54, 1.807) is 12.1 Å². The molecule has 2 aromatic carbocycles. The summed E-state index contributed by atoms with van der Waals surface area (Å²) >= 11 is 11.9. The molecule has 0 saturated carbocycles. The monoisotopic (exact) mass is 292 g/mol. The third-order valence-electron chi connectivity index (χ3n) is 3.22. The Hall–Kier alpha value is -1.31. The van der Waals surface area contributed by atoms with Gasteiger partial charge in [0.05, 0.1) is 5.41 Å². The van der Waals surface area contributed by atoms with Gasteiger partial charge >= 0.3 is 0 Å². The molecule has 98 valence electrons. The molecule has 1 atom stereocenters. The van der Waals surface area contributed by atoms with E-state index in [0.717, 1.165) is 17.4 Å². The third kappa shape index (κ3) is 3.37. The Morgan fingerprint density at radius 2 is 1.74 bits per heavy atom. The van der Waals surface area contributed by atoms with Crippen molar-refractivity contribution in [3.63, 3.8) is 0 Å². The van der Waals surface area contributed by atoms with Gasteiger partial charge in [-0.15, -0.1) is 0 Å². The highest BCUT2D eigenvalue weighted by Crippen LogP contribution is 2.28. The molecule has 0 bridgehead atoms. The minimum atomic E-state index is -0.574. The lowest BCUT2D eigenvalue weighted by atomic mass is 9.79. The fourth-order valence-corrected chi connectivity index (χ4v) is 2.45. The molecule has 0 amide bonds. The minimum absolute atomic E-state index is 0.574. The molecular formula is C16H14Cl2O. The standard InChI is InChI=1S/C16H14Cl2O/c1-16(11-19,13-5-7-14(17)8-6-13)10-12-3-2-4-15(18)9-12/h2-9,11H,10H2,1H3. The van der Waals surface area contributed by atoms with Crippen molar-refractivity contribution in [2.24, 2.45) is 0 Å². The smallest absolute Gasteiger partial charge is 0.130 e. The average Bonchev–Trinajstić information content (AvgIpc) is 2.39. The molecule has 0 radical (unpaired) electrons. The summed E-state index contributed by atoms with van der Waals surface area (Å²) in [5, 5.41) is 1.35. The highest BCUT2D eigenvalue weighted by Gasteiger charge is 2.26. The molecule has 2 rings (SSSR count). The van der Waals surface area contributed by atoms with Crippen molar-refractivity contribution in [3.05, 3.63) is 69.7 Å². The lowest BCUT2D eigenvalue weighted by Gasteiger charge is -2.24. The first-order chi connectivity index (χ1) is 9.03. The normalized spacial score (nSPS) is 13.8. The summed E-state index contributed by atoms with van der Waals surface area (Å²) < 4.78 is 0. The van der Waals surface area contributed by atoms with Gasteiger partial charge < -0.3 is 4.79 Å². The van der Waals surface area contributed by atoms with Gasteiger partial charge in [-0.2, -0.15) is 0 Å². The number of carbonyl (C=O) groups is 1. The maximum Gasteiger partial charge on any atom is 0.130 e. The van der Waals surface area contributed by atoms with Gasteiger partial charge in [0.15, 0.2) is 0 Å². The average molecular weight is 293 g/mol. The van der Waals surface area contributed by atoms with Crippen LogP contribution >= 0.6 is 23.2 Å². The first-order valence-electron chi connectivity index (χ1n) is 6.00. The lowest BCUT2D eigenvalue weighted by Crippen LogP contribution is -2.26. The Morgan fingerprint density at radius 1 is 1.05 bits per heavy atom. The minimum Gasteiger partial charge on any atom is -0.302 e. The Balaban J connectivity index is 2.32. The van der Waals surface area contributed by atoms with Crippen LogP contribution in [0.2, 0.25) is 10.0 Å². The molecule has 0 spiro atoms. The lowest BCUT2D eigenvalue weighted by molar-refractivity contribution is -0.112. The van der Waals surface area contributed by atoms with Crippen LogP contribution in [0.5, 0.6) is 0 Å². The van der Waals surface area contributed by atoms with E-state index >= 15 is 0 Å². The highest BCUT2D eigenvalue weighted by atomic mass is 35.5. The van der Waals surface area contributed by atoms with Crippen molar-refractivity contribution in [1.82, 2.24) is 0 Å². The van der Waals surface area contributed by atoms with Crippen LogP contribution in [-0.4, -0.2) is 6.29 Å². The molecule has 1 unspecified atom stereocenters. The van der Waals surface area contributed by atoms with Crippen molar-refractivity contribution in [2.45, 2.75) is 18.8 Å². The summed E-state index contributed by atoms with van der Waals surface area (Å²) in [7, 11) is 0. The van der Waals surface area contributed by atoms with Crippen molar-refractivity contribution in [3.8, 4) is 0 Å². The topological polar surface area (TPSA) is 17.1 Å². The quantitative estimate of drug-likeness (QED) is 0.747. The molecular weight excluding hydrogens is 279 g/mol. The molecule has 0 fully saturated rings. The molecule has 0 aliphatic heterocycles. The van der Waals surface area contributed by atoms with E-state index in [0.29, 0.717) is 16.5 Å². The maximum atomic E-state index is 11.5. The molecule has 0 aliphatic carbocycles. The zero-order valence-electron chi connectivity index (χ0n) is 10.6. The van der Waals surface area contributed by atoms with Gasteiger partial charge in [0.25, 0.3) is 0 Å². The number of benzene rings is 2. The van der Waals surface area contributed by atoms with Crippen LogP contribution in [0, 0.1) is 0 Å². The van der Waals surface area contributed by atoms with Gasteiger partial charge in [-0.05, 0) is 48.7 Å². The Kier molecular flexibility index (Phi) is 4.28. The van der Waals surface area contributed by atoms with E-state index in [9.17, 15) is 4.79 Å². The van der Waals surface area contributed by atoms with Crippen LogP contribution in [-0.2, 0) is 16.6 Å². The van der Waals surface area contributed by atoms with Gasteiger partial charge in [-0.3, -0.25) is 0 Å². The maximum absolute atomic E-state index is 11.5. The van der Waals surface area contributed by atoms with E-state index in [2.05, 4.69) is 0 Å². The van der Waals surface area contributed by atoms with E-state index in [1.165, 1.54) is 0 Å². The first kappa shape index (κ1) is 14.1. The van der Waals surface area contributed by atoms with Gasteiger partial charge in [-0.1, -0.05) is 47.5 Å². The Labute approximate surface area is 123 Å². The van der Waals surface area contributed by atoms with Gasteiger partial charge in [0.1, 0.15) is 6.29 Å². The zero-order valence-corrected chi connectivity index (χ0v) is 12.1. The predicted molar refractivity (Wildman–Crippen MR) is 80.0 cm³/mol. The summed E-state index contributed by atoms with van der Waals surface area (Å²) in [6.07, 6.45) is 1.59. The van der Waals surface area contributed by atoms with Crippen molar-refractivity contribution in [2.75, 3.05) is 0 Å². The second-order valence-electron chi connectivity index (χ2n) is 4.85. The van der Waals surface area contributed by atoms with E-state index in [1.807, 2.05) is 43.3 Å². The second kappa shape index (κ2) is 5.77. The van der Waals surface area contributed by atoms with E-state index in [4.69, 9.17) is 23.2 Å². The third-order valence-corrected chi connectivity index (χ3v) is 3.71.